The second-order valence-electron chi connectivity index (χ2n) is 29.9. The summed E-state index contributed by atoms with van der Waals surface area (Å²) in [4.78, 5) is 86.0. The zero-order valence-corrected chi connectivity index (χ0v) is 61.8. The molecule has 2 unspecified atom stereocenters. The third-order valence-electron chi connectivity index (χ3n) is 20.5. The molecule has 1 saturated heterocycles. The molecule has 17 rings (SSSR count). The maximum Gasteiger partial charge on any atom is 0.278 e. The van der Waals surface area contributed by atoms with Gasteiger partial charge in [-0.05, 0) is 212 Å². The van der Waals surface area contributed by atoms with Crippen molar-refractivity contribution in [3.8, 4) is 17.5 Å². The number of fused-ring (bicyclic) bond motifs is 10. The summed E-state index contributed by atoms with van der Waals surface area (Å²) in [5, 5.41) is 46.0. The summed E-state index contributed by atoms with van der Waals surface area (Å²) >= 11 is 0. The summed E-state index contributed by atoms with van der Waals surface area (Å²) in [6, 6.07) is 36.4. The summed E-state index contributed by atoms with van der Waals surface area (Å²) in [6.07, 6.45) is 16.4. The van der Waals surface area contributed by atoms with Crippen LogP contribution in [0.25, 0.3) is 50.6 Å². The number of likely N-dealkylation sites (N-methyl/N-ethyl adjacent to an activating group) is 1. The summed E-state index contributed by atoms with van der Waals surface area (Å²) < 4.78 is 9.55. The number of likely N-dealkylation sites (tertiary alicyclic amines) is 1. The molecule has 12 heterocycles. The molecule has 7 N–H and O–H groups in total. The van der Waals surface area contributed by atoms with Crippen molar-refractivity contribution in [2.45, 2.75) is 141 Å². The Morgan fingerprint density at radius 2 is 0.907 bits per heavy atom. The SMILES string of the molecule is C=CCn1c(=O)c2cnc(Nc3ccc4c(c3)C3CC4CN3C)nc2n1-c1cccc(C(C)(C)O)n1.C=CCn1c(=O)c2cnc(Nc3ccc4c(c3)CCNCC4)nc2n1-c1cccc(C(C)(C)O)n1.C=CCn1c(=O)c2cnc(Nc3ccc4c(c3)CN(C3CC3)CC4)nc2n1-c1cccc(C(C)(C)O)n1. The van der Waals surface area contributed by atoms with E-state index in [2.05, 4.69) is 136 Å². The van der Waals surface area contributed by atoms with Crippen LogP contribution in [0, 0.1) is 0 Å². The van der Waals surface area contributed by atoms with Gasteiger partial charge in [0.15, 0.2) is 34.4 Å². The van der Waals surface area contributed by atoms with Gasteiger partial charge in [0.1, 0.15) is 33.0 Å². The number of anilines is 6. The number of allylic oxidation sites excluding steroid dienone is 3. The lowest BCUT2D eigenvalue weighted by atomic mass is 9.99. The molecule has 0 radical (unpaired) electrons. The largest absolute Gasteiger partial charge is 0.384 e. The highest BCUT2D eigenvalue weighted by molar-refractivity contribution is 5.79. The molecular formula is C81H89N21O6. The molecule has 12 aromatic rings. The van der Waals surface area contributed by atoms with Crippen LogP contribution in [-0.4, -0.2) is 137 Å². The molecule has 2 aliphatic carbocycles. The molecule has 3 aromatic carbocycles. The predicted octanol–water partition coefficient (Wildman–Crippen LogP) is 10.1. The molecule has 9 aromatic heterocycles. The van der Waals surface area contributed by atoms with Crippen LogP contribution in [0.15, 0.2) is 180 Å². The second-order valence-corrected chi connectivity index (χ2v) is 29.9. The fourth-order valence-electron chi connectivity index (χ4n) is 14.9. The van der Waals surface area contributed by atoms with Crippen molar-refractivity contribution in [3.63, 3.8) is 0 Å². The van der Waals surface area contributed by atoms with Crippen LogP contribution < -0.4 is 37.9 Å². The van der Waals surface area contributed by atoms with E-state index in [1.807, 2.05) is 12.1 Å². The van der Waals surface area contributed by atoms with Crippen molar-refractivity contribution >= 4 is 68.0 Å². The minimum Gasteiger partial charge on any atom is -0.384 e. The number of pyridine rings is 3. The molecule has 2 fully saturated rings. The lowest BCUT2D eigenvalue weighted by molar-refractivity contribution is 0.0733. The number of nitrogens with one attached hydrogen (secondary N) is 4. The molecule has 108 heavy (non-hydrogen) atoms. The van der Waals surface area contributed by atoms with Gasteiger partial charge in [-0.2, -0.15) is 15.0 Å². The summed E-state index contributed by atoms with van der Waals surface area (Å²) in [5.41, 5.74) is 9.57. The maximum absolute atomic E-state index is 13.2. The fourth-order valence-corrected chi connectivity index (χ4v) is 14.9. The number of benzene rings is 3. The monoisotopic (exact) mass is 1450 g/mol. The normalized spacial score (nSPS) is 16.4. The molecule has 5 aliphatic rings. The standard InChI is InChI=1S/C28H31N7O2.C27H29N7O2.C26H29N7O2/c1-4-13-34-26(36)22-16-29-27(32-25(22)35(34)24-7-5-6-23(31-24)28(2,3)37)30-20-9-8-18-12-14-33(21-10-11-21)17-19(18)15-20;1-5-11-33-25(35)20-14-28-26(29-17-9-10-18-16-12-21(19(18)13-17)32(4)15-16)31-24(20)34(33)23-8-6-7-22(30-23)27(2,3)36;1-4-14-32-24(34)20-16-28-25(29-19-9-8-17-10-12-27-13-11-18(17)15-19)31-23(20)33(32)22-7-5-6-21(30-22)26(2,3)35/h4-9,15-16,21,37H,1,10-14,17H2,2-3H3,(H,29,30,32);5-10,13-14,16,21,36H,1,11-12,15H2,2-4H3,(H,28,29,31);4-9,15-16,27,35H,1,10-14H2,2-3H3,(H,28,29,31). The molecule has 554 valence electrons. The Kier molecular flexibility index (Phi) is 19.4. The minimum atomic E-state index is -1.13. The first-order chi connectivity index (χ1) is 51.9. The van der Waals surface area contributed by atoms with Crippen LogP contribution in [0.3, 0.4) is 0 Å². The zero-order chi connectivity index (χ0) is 75.5. The third-order valence-corrected chi connectivity index (χ3v) is 20.5. The first-order valence-electron chi connectivity index (χ1n) is 36.6. The van der Waals surface area contributed by atoms with Crippen LogP contribution >= 0.6 is 0 Å². The Labute approximate surface area is 623 Å². The van der Waals surface area contributed by atoms with Crippen molar-refractivity contribution in [1.82, 2.24) is 88.1 Å². The quantitative estimate of drug-likeness (QED) is 0.0370. The Morgan fingerprint density at radius 1 is 0.500 bits per heavy atom. The predicted molar refractivity (Wildman–Crippen MR) is 418 cm³/mol. The Bertz CT molecular complexity index is 5680. The van der Waals surface area contributed by atoms with Crippen molar-refractivity contribution in [2.24, 2.45) is 0 Å². The molecular weight excluding hydrogens is 1360 g/mol. The van der Waals surface area contributed by atoms with E-state index in [9.17, 15) is 29.7 Å². The lowest BCUT2D eigenvalue weighted by Crippen LogP contribution is -2.32. The van der Waals surface area contributed by atoms with E-state index in [4.69, 9.17) is 15.0 Å². The average Bonchev–Trinajstić information content (AvgIpc) is 1.61. The molecule has 2 atom stereocenters. The van der Waals surface area contributed by atoms with Gasteiger partial charge in [-0.1, -0.05) is 54.6 Å². The summed E-state index contributed by atoms with van der Waals surface area (Å²) in [6.45, 7) is 27.4. The maximum atomic E-state index is 13.2. The first kappa shape index (κ1) is 72.1. The van der Waals surface area contributed by atoms with Crippen molar-refractivity contribution < 1.29 is 15.3 Å². The topological polar surface area (TPSA) is 312 Å². The van der Waals surface area contributed by atoms with Crippen molar-refractivity contribution in [1.29, 1.82) is 0 Å². The highest BCUT2D eigenvalue weighted by Gasteiger charge is 2.41. The van der Waals surface area contributed by atoms with E-state index in [1.54, 1.807) is 135 Å². The van der Waals surface area contributed by atoms with E-state index < -0.39 is 16.8 Å². The van der Waals surface area contributed by atoms with Gasteiger partial charge >= 0.3 is 0 Å². The summed E-state index contributed by atoms with van der Waals surface area (Å²) in [5.74, 6) is 3.21. The average molecular weight is 1450 g/mol. The molecule has 2 bridgehead atoms. The van der Waals surface area contributed by atoms with E-state index >= 15 is 0 Å². The molecule has 27 heteroatoms. The second kappa shape index (κ2) is 29.0. The Hall–Kier alpha value is -11.5. The number of hydrogen-bond acceptors (Lipinski definition) is 21. The van der Waals surface area contributed by atoms with Gasteiger partial charge in [-0.3, -0.25) is 24.2 Å². The third kappa shape index (κ3) is 14.4. The van der Waals surface area contributed by atoms with E-state index in [1.165, 1.54) is 72.9 Å². The number of nitrogens with zero attached hydrogens (tertiary/aromatic N) is 17. The van der Waals surface area contributed by atoms with Crippen LogP contribution in [0.4, 0.5) is 34.9 Å². The number of aliphatic hydroxyl groups is 3. The van der Waals surface area contributed by atoms with E-state index in [-0.39, 0.29) is 36.3 Å². The summed E-state index contributed by atoms with van der Waals surface area (Å²) in [7, 11) is 2.18. The lowest BCUT2D eigenvalue weighted by Gasteiger charge is -2.29. The molecule has 0 amide bonds. The highest BCUT2D eigenvalue weighted by Crippen LogP contribution is 2.50. The van der Waals surface area contributed by atoms with E-state index in [0.717, 1.165) is 75.1 Å². The van der Waals surface area contributed by atoms with Crippen LogP contribution in [0.1, 0.15) is 123 Å². The van der Waals surface area contributed by atoms with Crippen LogP contribution in [0.5, 0.6) is 0 Å². The highest BCUT2D eigenvalue weighted by atomic mass is 16.3. The number of rotatable bonds is 19. The number of hydrogen-bond donors (Lipinski definition) is 7. The molecule has 3 aliphatic heterocycles. The van der Waals surface area contributed by atoms with Crippen LogP contribution in [-0.2, 0) is 62.2 Å². The smallest absolute Gasteiger partial charge is 0.278 e. The van der Waals surface area contributed by atoms with Gasteiger partial charge in [0.05, 0.1) is 36.7 Å². The zero-order valence-electron chi connectivity index (χ0n) is 61.8. The van der Waals surface area contributed by atoms with Gasteiger partial charge in [-0.15, -0.1) is 19.7 Å². The van der Waals surface area contributed by atoms with Gasteiger partial charge in [0, 0.05) is 67.4 Å². The Morgan fingerprint density at radius 3 is 1.33 bits per heavy atom. The van der Waals surface area contributed by atoms with Gasteiger partial charge < -0.3 is 36.6 Å². The number of aromatic nitrogens is 15. The van der Waals surface area contributed by atoms with Crippen molar-refractivity contribution in [2.75, 3.05) is 49.2 Å². The van der Waals surface area contributed by atoms with Gasteiger partial charge in [-0.25, -0.2) is 58.0 Å². The van der Waals surface area contributed by atoms with Gasteiger partial charge in [0.25, 0.3) is 16.7 Å². The molecule has 27 nitrogen and oxygen atoms in total. The van der Waals surface area contributed by atoms with E-state index in [0.29, 0.717) is 97.4 Å². The van der Waals surface area contributed by atoms with Gasteiger partial charge in [0.2, 0.25) is 17.8 Å². The first-order valence-corrected chi connectivity index (χ1v) is 36.6. The fraction of sp³-hybridized carbons (Fsp3) is 0.333. The minimum absolute atomic E-state index is 0.231. The Balaban J connectivity index is 0.000000129. The molecule has 1 saturated carbocycles. The van der Waals surface area contributed by atoms with Crippen LogP contribution in [0.2, 0.25) is 0 Å². The molecule has 0 spiro atoms. The van der Waals surface area contributed by atoms with Crippen molar-refractivity contribution in [3.05, 3.63) is 247 Å².